The van der Waals surface area contributed by atoms with E-state index in [2.05, 4.69) is 22.0 Å². The highest BCUT2D eigenvalue weighted by Crippen LogP contribution is 2.21. The number of thiocarbonyl (C=S) groups is 1. The lowest BCUT2D eigenvalue weighted by Gasteiger charge is -2.28. The van der Waals surface area contributed by atoms with Gasteiger partial charge in [0.1, 0.15) is 0 Å². The molecule has 0 aliphatic carbocycles. The monoisotopic (exact) mass is 237 g/mol. The molecule has 1 N–H and O–H groups in total. The Kier molecular flexibility index (Phi) is 3.24. The van der Waals surface area contributed by atoms with Crippen LogP contribution in [0.3, 0.4) is 0 Å². The van der Waals surface area contributed by atoms with E-state index in [0.29, 0.717) is 13.1 Å². The van der Waals surface area contributed by atoms with E-state index in [1.54, 1.807) is 6.08 Å². The van der Waals surface area contributed by atoms with E-state index in [1.165, 1.54) is 5.56 Å². The van der Waals surface area contributed by atoms with E-state index in [-0.39, 0.29) is 0 Å². The molecule has 0 fully saturated rings. The largest absolute Gasteiger partial charge is 0.359 e. The van der Waals surface area contributed by atoms with Crippen molar-refractivity contribution in [3.63, 3.8) is 0 Å². The zero-order valence-electron chi connectivity index (χ0n) is 9.32. The van der Waals surface area contributed by atoms with Crippen molar-refractivity contribution in [1.29, 1.82) is 0 Å². The normalized spacial score (nSPS) is 14.4. The number of fused-ring (bicyclic) bond motifs is 1. The number of aromatic nitrogens is 1. The summed E-state index contributed by atoms with van der Waals surface area (Å²) in [4.78, 5) is 2.09. The lowest BCUT2D eigenvalue weighted by atomic mass is 10.1. The number of nitrogens with zero attached hydrogens (tertiary/aromatic N) is 2. The molecule has 0 atom stereocenters. The van der Waals surface area contributed by atoms with Crippen molar-refractivity contribution in [2.24, 2.45) is 0 Å². The molecule has 0 saturated heterocycles. The maximum atomic E-state index is 5.28. The fourth-order valence-electron chi connectivity index (χ4n) is 1.82. The number of aryl methyl sites for hydroxylation is 1. The van der Waals surface area contributed by atoms with Crippen LogP contribution in [0.2, 0.25) is 0 Å². The van der Waals surface area contributed by atoms with Crippen molar-refractivity contribution in [3.8, 4) is 0 Å². The van der Waals surface area contributed by atoms with Crippen molar-refractivity contribution >= 4 is 17.3 Å². The topological polar surface area (TPSA) is 41.3 Å². The molecule has 1 aliphatic rings. The van der Waals surface area contributed by atoms with Crippen LogP contribution in [0.5, 0.6) is 0 Å². The van der Waals surface area contributed by atoms with E-state index in [0.717, 1.165) is 29.5 Å². The van der Waals surface area contributed by atoms with Crippen molar-refractivity contribution in [1.82, 2.24) is 15.4 Å². The Balaban J connectivity index is 2.02. The minimum atomic E-state index is 0.692. The van der Waals surface area contributed by atoms with E-state index in [4.69, 9.17) is 16.7 Å². The van der Waals surface area contributed by atoms with E-state index in [9.17, 15) is 0 Å². The molecule has 4 nitrogen and oxygen atoms in total. The summed E-state index contributed by atoms with van der Waals surface area (Å²) in [5, 5.41) is 7.84. The van der Waals surface area contributed by atoms with Crippen LogP contribution in [0, 0.1) is 6.92 Å². The third-order valence-electron chi connectivity index (χ3n) is 2.72. The van der Waals surface area contributed by atoms with Gasteiger partial charge < -0.3 is 14.7 Å². The molecule has 1 aromatic heterocycles. The predicted octanol–water partition coefficient (Wildman–Crippen LogP) is 1.40. The lowest BCUT2D eigenvalue weighted by molar-refractivity contribution is 0.300. The highest BCUT2D eigenvalue weighted by atomic mass is 32.1. The van der Waals surface area contributed by atoms with Gasteiger partial charge in [-0.25, -0.2) is 0 Å². The second-order valence-corrected chi connectivity index (χ2v) is 4.20. The van der Waals surface area contributed by atoms with Crippen molar-refractivity contribution in [2.45, 2.75) is 19.9 Å². The molecule has 0 radical (unpaired) electrons. The Hall–Kier alpha value is -1.36. The maximum Gasteiger partial charge on any atom is 0.169 e. The Labute approximate surface area is 100 Å². The Morgan fingerprint density at radius 2 is 2.56 bits per heavy atom. The average Bonchev–Trinajstić information content (AvgIpc) is 2.67. The van der Waals surface area contributed by atoms with Crippen LogP contribution in [0.4, 0.5) is 0 Å². The molecule has 2 heterocycles. The number of hydrogen-bond acceptors (Lipinski definition) is 3. The van der Waals surface area contributed by atoms with Crippen molar-refractivity contribution < 1.29 is 4.52 Å². The molecule has 0 saturated carbocycles. The molecule has 86 valence electrons. The zero-order valence-corrected chi connectivity index (χ0v) is 10.1. The van der Waals surface area contributed by atoms with Gasteiger partial charge in [0.25, 0.3) is 0 Å². The second-order valence-electron chi connectivity index (χ2n) is 3.82. The Morgan fingerprint density at radius 3 is 3.31 bits per heavy atom. The first-order valence-corrected chi connectivity index (χ1v) is 5.71. The third kappa shape index (κ3) is 2.09. The van der Waals surface area contributed by atoms with Crippen LogP contribution in [0.15, 0.2) is 17.2 Å². The van der Waals surface area contributed by atoms with Gasteiger partial charge in [-0.05, 0) is 25.6 Å². The van der Waals surface area contributed by atoms with E-state index >= 15 is 0 Å². The highest BCUT2D eigenvalue weighted by Gasteiger charge is 2.23. The standard InChI is InChI=1S/C11H15N3OS/c1-3-5-12-11(16)14-6-4-9-8(2)13-15-10(9)7-14/h3H,1,4-7H2,2H3,(H,12,16). The molecule has 2 rings (SSSR count). The SMILES string of the molecule is C=CCNC(=S)N1CCc2c(C)noc2C1. The number of rotatable bonds is 2. The van der Waals surface area contributed by atoms with Crippen LogP contribution < -0.4 is 5.32 Å². The van der Waals surface area contributed by atoms with Gasteiger partial charge in [0.15, 0.2) is 10.9 Å². The summed E-state index contributed by atoms with van der Waals surface area (Å²) in [5.41, 5.74) is 2.24. The van der Waals surface area contributed by atoms with Crippen molar-refractivity contribution in [3.05, 3.63) is 29.7 Å². The Morgan fingerprint density at radius 1 is 1.75 bits per heavy atom. The molecule has 1 aromatic rings. The summed E-state index contributed by atoms with van der Waals surface area (Å²) in [7, 11) is 0. The van der Waals surface area contributed by atoms with Crippen LogP contribution >= 0.6 is 12.2 Å². The minimum absolute atomic E-state index is 0.692. The van der Waals surface area contributed by atoms with Gasteiger partial charge in [0.05, 0.1) is 12.2 Å². The summed E-state index contributed by atoms with van der Waals surface area (Å²) in [6.07, 6.45) is 2.74. The molecule has 1 aliphatic heterocycles. The van der Waals surface area contributed by atoms with Gasteiger partial charge >= 0.3 is 0 Å². The number of hydrogen-bond donors (Lipinski definition) is 1. The van der Waals surface area contributed by atoms with E-state index < -0.39 is 0 Å². The average molecular weight is 237 g/mol. The van der Waals surface area contributed by atoms with Gasteiger partial charge in [0, 0.05) is 18.7 Å². The molecular formula is C11H15N3OS. The first kappa shape index (κ1) is 11.1. The highest BCUT2D eigenvalue weighted by molar-refractivity contribution is 7.80. The third-order valence-corrected chi connectivity index (χ3v) is 3.12. The lowest BCUT2D eigenvalue weighted by Crippen LogP contribution is -2.42. The predicted molar refractivity (Wildman–Crippen MR) is 66.2 cm³/mol. The summed E-state index contributed by atoms with van der Waals surface area (Å²) in [6, 6.07) is 0. The van der Waals surface area contributed by atoms with Gasteiger partial charge in [-0.15, -0.1) is 6.58 Å². The first-order chi connectivity index (χ1) is 7.72. The van der Waals surface area contributed by atoms with Gasteiger partial charge in [0.2, 0.25) is 0 Å². The smallest absolute Gasteiger partial charge is 0.169 e. The molecule has 5 heteroatoms. The fourth-order valence-corrected chi connectivity index (χ4v) is 2.06. The minimum Gasteiger partial charge on any atom is -0.359 e. The zero-order chi connectivity index (χ0) is 11.5. The second kappa shape index (κ2) is 4.65. The summed E-state index contributed by atoms with van der Waals surface area (Å²) >= 11 is 5.28. The van der Waals surface area contributed by atoms with Gasteiger partial charge in [-0.1, -0.05) is 11.2 Å². The molecule has 0 aromatic carbocycles. The maximum absolute atomic E-state index is 5.28. The summed E-state index contributed by atoms with van der Waals surface area (Å²) in [5.74, 6) is 0.937. The molecule has 0 bridgehead atoms. The fraction of sp³-hybridized carbons (Fsp3) is 0.455. The van der Waals surface area contributed by atoms with Crippen LogP contribution in [0.1, 0.15) is 17.0 Å². The van der Waals surface area contributed by atoms with Crippen LogP contribution in [-0.2, 0) is 13.0 Å². The summed E-state index contributed by atoms with van der Waals surface area (Å²) in [6.45, 7) is 7.94. The quantitative estimate of drug-likeness (QED) is 0.622. The molecule has 0 unspecified atom stereocenters. The van der Waals surface area contributed by atoms with Gasteiger partial charge in [-0.2, -0.15) is 0 Å². The molecule has 0 amide bonds. The van der Waals surface area contributed by atoms with Crippen LogP contribution in [0.25, 0.3) is 0 Å². The molecule has 16 heavy (non-hydrogen) atoms. The molecule has 0 spiro atoms. The van der Waals surface area contributed by atoms with Crippen molar-refractivity contribution in [2.75, 3.05) is 13.1 Å². The van der Waals surface area contributed by atoms with Crippen LogP contribution in [-0.4, -0.2) is 28.3 Å². The first-order valence-electron chi connectivity index (χ1n) is 5.30. The Bertz CT molecular complexity index is 413. The molecular weight excluding hydrogens is 222 g/mol. The van der Waals surface area contributed by atoms with E-state index in [1.807, 2.05) is 6.92 Å². The number of nitrogens with one attached hydrogen (secondary N) is 1. The van der Waals surface area contributed by atoms with Gasteiger partial charge in [-0.3, -0.25) is 0 Å². The summed E-state index contributed by atoms with van der Waals surface area (Å²) < 4.78 is 5.27.